The summed E-state index contributed by atoms with van der Waals surface area (Å²) in [5.41, 5.74) is 1.66. The lowest BCUT2D eigenvalue weighted by Gasteiger charge is -2.26. The molecular formula is C20H26ClN3O. The van der Waals surface area contributed by atoms with E-state index < -0.39 is 0 Å². The van der Waals surface area contributed by atoms with Crippen LogP contribution in [0.15, 0.2) is 29.3 Å². The Labute approximate surface area is 154 Å². The van der Waals surface area contributed by atoms with Crippen molar-refractivity contribution >= 4 is 17.6 Å². The third-order valence-corrected chi connectivity index (χ3v) is 7.11. The molecule has 4 fully saturated rings. The maximum Gasteiger partial charge on any atom is 0.193 e. The highest BCUT2D eigenvalue weighted by Gasteiger charge is 2.53. The molecule has 5 heteroatoms. The van der Waals surface area contributed by atoms with Gasteiger partial charge in [-0.25, -0.2) is 0 Å². The number of aliphatic imine (C=N–C) groups is 1. The molecule has 4 unspecified atom stereocenters. The van der Waals surface area contributed by atoms with Crippen molar-refractivity contribution in [2.24, 2.45) is 16.8 Å². The molecule has 4 aliphatic rings. The average molecular weight is 360 g/mol. The zero-order chi connectivity index (χ0) is 17.0. The molecule has 0 amide bonds. The first-order chi connectivity index (χ1) is 12.2. The predicted molar refractivity (Wildman–Crippen MR) is 100 cm³/mol. The van der Waals surface area contributed by atoms with Crippen molar-refractivity contribution in [1.82, 2.24) is 10.2 Å². The van der Waals surface area contributed by atoms with Gasteiger partial charge in [-0.3, -0.25) is 4.99 Å². The lowest BCUT2D eigenvalue weighted by atomic mass is 9.82. The molecular weight excluding hydrogens is 334 g/mol. The van der Waals surface area contributed by atoms with Gasteiger partial charge in [0.05, 0.1) is 12.2 Å². The molecule has 4 nitrogen and oxygen atoms in total. The number of nitrogens with zero attached hydrogens (tertiary/aromatic N) is 2. The predicted octanol–water partition coefficient (Wildman–Crippen LogP) is 3.06. The van der Waals surface area contributed by atoms with E-state index in [0.29, 0.717) is 24.0 Å². The number of hydrogen-bond donors (Lipinski definition) is 1. The molecule has 1 aromatic rings. The molecule has 134 valence electrons. The molecule has 1 saturated carbocycles. The van der Waals surface area contributed by atoms with Crippen LogP contribution in [0.3, 0.4) is 0 Å². The van der Waals surface area contributed by atoms with E-state index in [2.05, 4.69) is 27.3 Å². The number of nitrogens with one attached hydrogen (secondary N) is 1. The first-order valence-corrected chi connectivity index (χ1v) is 9.93. The summed E-state index contributed by atoms with van der Waals surface area (Å²) in [5.74, 6) is 2.49. The topological polar surface area (TPSA) is 36.9 Å². The Hall–Kier alpha value is -1.26. The zero-order valence-corrected chi connectivity index (χ0v) is 15.5. The first kappa shape index (κ1) is 16.0. The van der Waals surface area contributed by atoms with Gasteiger partial charge in [0, 0.05) is 49.0 Å². The molecule has 1 N–H and O–H groups in total. The molecule has 0 radical (unpaired) electrons. The van der Waals surface area contributed by atoms with Gasteiger partial charge in [0.25, 0.3) is 0 Å². The second kappa shape index (κ2) is 5.88. The number of guanidine groups is 1. The Morgan fingerprint density at radius 2 is 1.84 bits per heavy atom. The summed E-state index contributed by atoms with van der Waals surface area (Å²) in [7, 11) is 1.91. The van der Waals surface area contributed by atoms with Crippen LogP contribution in [0.1, 0.15) is 31.2 Å². The minimum atomic E-state index is 0.262. The lowest BCUT2D eigenvalue weighted by Crippen LogP contribution is -2.44. The summed E-state index contributed by atoms with van der Waals surface area (Å²) >= 11 is 6.04. The van der Waals surface area contributed by atoms with Crippen LogP contribution < -0.4 is 5.32 Å². The SMILES string of the molecule is CN=C(NCC1(c2ccc(Cl)cc2)CC1)N1CC2C3CCC(O3)C2C1. The number of likely N-dealkylation sites (tertiary alicyclic amines) is 1. The highest BCUT2D eigenvalue weighted by atomic mass is 35.5. The summed E-state index contributed by atoms with van der Waals surface area (Å²) in [6, 6.07) is 8.36. The quantitative estimate of drug-likeness (QED) is 0.665. The molecule has 25 heavy (non-hydrogen) atoms. The van der Waals surface area contributed by atoms with Crippen molar-refractivity contribution < 1.29 is 4.74 Å². The summed E-state index contributed by atoms with van der Waals surface area (Å²) in [6.07, 6.45) is 5.99. The van der Waals surface area contributed by atoms with Gasteiger partial charge in [-0.15, -0.1) is 0 Å². The van der Waals surface area contributed by atoms with E-state index in [1.165, 1.54) is 31.2 Å². The van der Waals surface area contributed by atoms with Gasteiger partial charge in [-0.1, -0.05) is 23.7 Å². The van der Waals surface area contributed by atoms with Gasteiger partial charge >= 0.3 is 0 Å². The first-order valence-electron chi connectivity index (χ1n) is 9.56. The minimum absolute atomic E-state index is 0.262. The van der Waals surface area contributed by atoms with Gasteiger partial charge in [0.2, 0.25) is 0 Å². The van der Waals surface area contributed by atoms with E-state index >= 15 is 0 Å². The van der Waals surface area contributed by atoms with Crippen molar-refractivity contribution in [3.63, 3.8) is 0 Å². The van der Waals surface area contributed by atoms with Crippen LogP contribution >= 0.6 is 11.6 Å². The van der Waals surface area contributed by atoms with E-state index in [1.54, 1.807) is 0 Å². The van der Waals surface area contributed by atoms with Crippen LogP contribution in [0.25, 0.3) is 0 Å². The van der Waals surface area contributed by atoms with E-state index in [0.717, 1.165) is 30.6 Å². The van der Waals surface area contributed by atoms with Gasteiger partial charge < -0.3 is 15.0 Å². The maximum atomic E-state index is 6.09. The van der Waals surface area contributed by atoms with Gasteiger partial charge in [0.1, 0.15) is 0 Å². The molecule has 0 spiro atoms. The molecule has 0 aromatic heterocycles. The molecule has 1 aromatic carbocycles. The van der Waals surface area contributed by atoms with Gasteiger partial charge in [-0.2, -0.15) is 0 Å². The second-order valence-electron chi connectivity index (χ2n) is 8.21. The van der Waals surface area contributed by atoms with E-state index in [-0.39, 0.29) is 5.41 Å². The van der Waals surface area contributed by atoms with Crippen molar-refractivity contribution in [2.45, 2.75) is 43.3 Å². The number of ether oxygens (including phenoxy) is 1. The highest BCUT2D eigenvalue weighted by molar-refractivity contribution is 6.30. The highest BCUT2D eigenvalue weighted by Crippen LogP contribution is 2.49. The molecule has 2 bridgehead atoms. The second-order valence-corrected chi connectivity index (χ2v) is 8.65. The Morgan fingerprint density at radius 3 is 2.40 bits per heavy atom. The van der Waals surface area contributed by atoms with Crippen LogP contribution in [-0.2, 0) is 10.2 Å². The standard InChI is InChI=1S/C20H26ClN3O/c1-22-19(24-10-15-16(11-24)18-7-6-17(15)25-18)23-12-20(8-9-20)13-2-4-14(21)5-3-13/h2-5,15-18H,6-12H2,1H3,(H,22,23). The van der Waals surface area contributed by atoms with Crippen LogP contribution in [0.4, 0.5) is 0 Å². The molecule has 3 saturated heterocycles. The van der Waals surface area contributed by atoms with Crippen molar-refractivity contribution in [2.75, 3.05) is 26.7 Å². The fraction of sp³-hybridized carbons (Fsp3) is 0.650. The maximum absolute atomic E-state index is 6.09. The number of hydrogen-bond acceptors (Lipinski definition) is 2. The van der Waals surface area contributed by atoms with E-state index in [1.807, 2.05) is 19.2 Å². The summed E-state index contributed by atoms with van der Waals surface area (Å²) in [4.78, 5) is 7.04. The van der Waals surface area contributed by atoms with Crippen LogP contribution in [0, 0.1) is 11.8 Å². The lowest BCUT2D eigenvalue weighted by molar-refractivity contribution is 0.0767. The fourth-order valence-electron chi connectivity index (χ4n) is 5.24. The Morgan fingerprint density at radius 1 is 1.20 bits per heavy atom. The number of fused-ring (bicyclic) bond motifs is 5. The van der Waals surface area contributed by atoms with Crippen LogP contribution in [-0.4, -0.2) is 49.7 Å². The average Bonchev–Trinajstić information content (AvgIpc) is 2.99. The molecule has 4 atom stereocenters. The smallest absolute Gasteiger partial charge is 0.193 e. The van der Waals surface area contributed by atoms with E-state index in [4.69, 9.17) is 16.3 Å². The van der Waals surface area contributed by atoms with Gasteiger partial charge in [-0.05, 0) is 43.4 Å². The van der Waals surface area contributed by atoms with E-state index in [9.17, 15) is 0 Å². The molecule has 3 aliphatic heterocycles. The largest absolute Gasteiger partial charge is 0.374 e. The third-order valence-electron chi connectivity index (χ3n) is 6.86. The Bertz CT molecular complexity index is 667. The van der Waals surface area contributed by atoms with Crippen molar-refractivity contribution in [3.8, 4) is 0 Å². The summed E-state index contributed by atoms with van der Waals surface area (Å²) < 4.78 is 6.09. The molecule has 1 aliphatic carbocycles. The summed E-state index contributed by atoms with van der Waals surface area (Å²) in [6.45, 7) is 3.15. The monoisotopic (exact) mass is 359 g/mol. The number of benzene rings is 1. The van der Waals surface area contributed by atoms with Crippen LogP contribution in [0.5, 0.6) is 0 Å². The van der Waals surface area contributed by atoms with Crippen molar-refractivity contribution in [3.05, 3.63) is 34.9 Å². The normalized spacial score (nSPS) is 35.1. The Balaban J connectivity index is 1.24. The molecule has 5 rings (SSSR count). The van der Waals surface area contributed by atoms with Gasteiger partial charge in [0.15, 0.2) is 5.96 Å². The molecule has 3 heterocycles. The van der Waals surface area contributed by atoms with Crippen molar-refractivity contribution in [1.29, 1.82) is 0 Å². The number of rotatable bonds is 3. The minimum Gasteiger partial charge on any atom is -0.374 e. The zero-order valence-electron chi connectivity index (χ0n) is 14.7. The third kappa shape index (κ3) is 2.65. The van der Waals surface area contributed by atoms with Crippen LogP contribution in [0.2, 0.25) is 5.02 Å². The summed E-state index contributed by atoms with van der Waals surface area (Å²) in [5, 5.41) is 4.48. The fourth-order valence-corrected chi connectivity index (χ4v) is 5.36. The number of halogens is 1. The Kier molecular flexibility index (Phi) is 3.75.